The molecule has 0 fully saturated rings. The van der Waals surface area contributed by atoms with Gasteiger partial charge in [-0.3, -0.25) is 0 Å². The van der Waals surface area contributed by atoms with E-state index in [2.05, 4.69) is 59.6 Å². The van der Waals surface area contributed by atoms with E-state index in [9.17, 15) is 0 Å². The molecule has 0 aromatic heterocycles. The molecule has 0 radical (unpaired) electrons. The molecule has 0 saturated carbocycles. The molecule has 0 amide bonds. The van der Waals surface area contributed by atoms with Crippen molar-refractivity contribution in [3.8, 4) is 0 Å². The summed E-state index contributed by atoms with van der Waals surface area (Å²) in [4.78, 5) is 10.9. The van der Waals surface area contributed by atoms with Gasteiger partial charge in [0.05, 0.1) is 12.1 Å². The molecule has 2 aromatic rings. The van der Waals surface area contributed by atoms with E-state index in [1.807, 2.05) is 38.1 Å². The van der Waals surface area contributed by atoms with E-state index in [0.29, 0.717) is 11.4 Å². The van der Waals surface area contributed by atoms with E-state index in [1.54, 1.807) is 0 Å². The Hall–Kier alpha value is -1.34. The Morgan fingerprint density at radius 1 is 0.667 bits per heavy atom. The van der Waals surface area contributed by atoms with Gasteiger partial charge >= 0.3 is 61.0 Å². The fourth-order valence-electron chi connectivity index (χ4n) is 2.98. The van der Waals surface area contributed by atoms with Gasteiger partial charge in [0, 0.05) is 48.7 Å². The van der Waals surface area contributed by atoms with Crippen LogP contribution in [0.4, 0.5) is 22.7 Å². The van der Waals surface area contributed by atoms with Crippen LogP contribution in [-0.2, 0) is 10.8 Å². The van der Waals surface area contributed by atoms with Gasteiger partial charge in [-0.25, -0.2) is 0 Å². The molecule has 0 spiro atoms. The normalized spacial score (nSPS) is 9.94. The molecule has 2 aromatic carbocycles. The molecule has 0 heterocycles. The first-order valence-electron chi connectivity index (χ1n) is 10.9. The monoisotopic (exact) mass is 584 g/mol. The van der Waals surface area contributed by atoms with Gasteiger partial charge in [-0.1, -0.05) is 0 Å². The second-order valence-electron chi connectivity index (χ2n) is 7.09. The number of diazo groups is 2. The van der Waals surface area contributed by atoms with Crippen LogP contribution in [-0.4, -0.2) is 26.2 Å². The van der Waals surface area contributed by atoms with Gasteiger partial charge in [0.2, 0.25) is 10.8 Å². The van der Waals surface area contributed by atoms with Crippen LogP contribution in [0.5, 0.6) is 0 Å². The molecule has 0 bridgehead atoms. The van der Waals surface area contributed by atoms with Crippen molar-refractivity contribution < 1.29 is 10.8 Å². The molecule has 6 nitrogen and oxygen atoms in total. The minimum absolute atomic E-state index is 0.648. The maximum absolute atomic E-state index is 8.78. The van der Waals surface area contributed by atoms with Crippen LogP contribution < -0.4 is 9.80 Å². The molecule has 11 heteroatoms. The van der Waals surface area contributed by atoms with Crippen LogP contribution in [0, 0.1) is 24.6 Å². The summed E-state index contributed by atoms with van der Waals surface area (Å²) in [5, 5.41) is 17.6. The zero-order chi connectivity index (χ0) is 25.6. The van der Waals surface area contributed by atoms with Crippen molar-refractivity contribution in [2.75, 3.05) is 36.0 Å². The van der Waals surface area contributed by atoms with E-state index < -0.39 is 10.8 Å². The van der Waals surface area contributed by atoms with Crippen LogP contribution in [0.1, 0.15) is 38.8 Å². The predicted molar refractivity (Wildman–Crippen MR) is 142 cm³/mol. The van der Waals surface area contributed by atoms with E-state index in [0.717, 1.165) is 48.7 Å². The summed E-state index contributed by atoms with van der Waals surface area (Å²) < 4.78 is 0. The summed E-state index contributed by atoms with van der Waals surface area (Å²) in [5.41, 5.74) is 5.48. The van der Waals surface area contributed by atoms with E-state index in [4.69, 9.17) is 49.5 Å². The number of aryl methyl sites for hydroxylation is 2. The number of rotatable bonds is 6. The molecule has 0 saturated heterocycles. The zero-order valence-electron chi connectivity index (χ0n) is 20.2. The Labute approximate surface area is 217 Å². The fraction of sp³-hybridized carbons (Fsp3) is 0.455. The average Bonchev–Trinajstić information content (AvgIpc) is 2.77. The first-order chi connectivity index (χ1) is 15.4. The molecule has 0 atom stereocenters. The predicted octanol–water partition coefficient (Wildman–Crippen LogP) is 9.41. The van der Waals surface area contributed by atoms with Gasteiger partial charge in [-0.2, -0.15) is 0 Å². The summed E-state index contributed by atoms with van der Waals surface area (Å²) in [6.45, 7) is 16.2. The standard InChI is InChI=1S/2C11H16N3.4ClH.Zn/c2*1-4-14(5-2)10-7-6-9(3)11(8-10)13-12;;;;;/h2*6-8H,4-5H2,1-3H3;4*1H;/q2*+1;;;;;+2/p-4. The van der Waals surface area contributed by atoms with Gasteiger partial charge in [0.15, 0.2) is 9.95 Å². The van der Waals surface area contributed by atoms with Crippen molar-refractivity contribution in [3.63, 3.8) is 0 Å². The number of hydrogen-bond acceptors (Lipinski definition) is 4. The first kappa shape index (κ1) is 31.7. The van der Waals surface area contributed by atoms with Gasteiger partial charge < -0.3 is 9.80 Å². The van der Waals surface area contributed by atoms with Gasteiger partial charge in [0.25, 0.3) is 0 Å². The summed E-state index contributed by atoms with van der Waals surface area (Å²) in [7, 11) is 16.8. The Morgan fingerprint density at radius 3 is 1.15 bits per heavy atom. The third kappa shape index (κ3) is 12.6. The average molecular weight is 588 g/mol. The van der Waals surface area contributed by atoms with Gasteiger partial charge in [-0.15, -0.1) is 0 Å². The molecule has 0 N–H and O–H groups in total. The molecule has 0 aliphatic heterocycles. The van der Waals surface area contributed by atoms with Crippen LogP contribution in [0.3, 0.4) is 0 Å². The van der Waals surface area contributed by atoms with Crippen molar-refractivity contribution in [1.82, 2.24) is 0 Å². The zero-order valence-corrected chi connectivity index (χ0v) is 26.2. The van der Waals surface area contributed by atoms with Crippen LogP contribution >= 0.6 is 38.8 Å². The Morgan fingerprint density at radius 2 is 0.939 bits per heavy atom. The fourth-order valence-corrected chi connectivity index (χ4v) is 2.98. The summed E-state index contributed by atoms with van der Waals surface area (Å²) in [6, 6.07) is 11.9. The van der Waals surface area contributed by atoms with Crippen LogP contribution in [0.2, 0.25) is 0 Å². The molecule has 2 rings (SSSR count). The SMILES string of the molecule is CCN(CC)c1ccc(C)c([N+]#N)c1.CCN(CC)c1ccc(C)c([N+]#N)c1.[Cl][Zn-2]([Cl])([Cl])[Cl]. The Bertz CT molecular complexity index is 868. The summed E-state index contributed by atoms with van der Waals surface area (Å²) in [5.74, 6) is 0. The molecule has 0 aliphatic rings. The maximum atomic E-state index is 8.78. The molecular weight excluding hydrogens is 555 g/mol. The van der Waals surface area contributed by atoms with Crippen LogP contribution in [0.25, 0.3) is 9.95 Å². The second kappa shape index (κ2) is 16.3. The van der Waals surface area contributed by atoms with Crippen molar-refractivity contribution in [2.24, 2.45) is 0 Å². The van der Waals surface area contributed by atoms with Crippen molar-refractivity contribution in [2.45, 2.75) is 41.5 Å². The molecule has 0 unspecified atom stereocenters. The van der Waals surface area contributed by atoms with Crippen molar-refractivity contribution in [1.29, 1.82) is 10.8 Å². The number of nitrogens with zero attached hydrogens (tertiary/aromatic N) is 6. The summed E-state index contributed by atoms with van der Waals surface area (Å²) >= 11 is 0. The van der Waals surface area contributed by atoms with Gasteiger partial charge in [0.1, 0.15) is 0 Å². The van der Waals surface area contributed by atoms with E-state index >= 15 is 0 Å². The quantitative estimate of drug-likeness (QED) is 0.249. The Balaban J connectivity index is 0.000000517. The molecule has 33 heavy (non-hydrogen) atoms. The Kier molecular flexibility index (Phi) is 15.7. The minimum atomic E-state index is -3.36. The third-order valence-electron chi connectivity index (χ3n) is 4.86. The number of benzene rings is 2. The van der Waals surface area contributed by atoms with Crippen molar-refractivity contribution >= 4 is 61.5 Å². The second-order valence-corrected chi connectivity index (χ2v) is 34.8. The topological polar surface area (TPSA) is 62.8 Å². The number of anilines is 2. The van der Waals surface area contributed by atoms with Crippen LogP contribution in [0.15, 0.2) is 36.4 Å². The summed E-state index contributed by atoms with van der Waals surface area (Å²) in [6.07, 6.45) is 0. The molecule has 180 valence electrons. The molecule has 0 aliphatic carbocycles. The van der Waals surface area contributed by atoms with E-state index in [-0.39, 0.29) is 0 Å². The van der Waals surface area contributed by atoms with Gasteiger partial charge in [-0.05, 0) is 65.8 Å². The third-order valence-corrected chi connectivity index (χ3v) is 4.86. The molecular formula is C22H32Cl4N6Zn. The number of hydrogen-bond donors (Lipinski definition) is 0. The van der Waals surface area contributed by atoms with Crippen molar-refractivity contribution in [3.05, 3.63) is 57.5 Å². The van der Waals surface area contributed by atoms with E-state index in [1.165, 1.54) is 0 Å². The number of halogens is 4. The first-order valence-corrected chi connectivity index (χ1v) is 26.5.